The number of hydrogen-bond donors (Lipinski definition) is 3. The minimum absolute atomic E-state index is 0.160. The maximum Gasteiger partial charge on any atom is 0.320 e. The zero-order valence-electron chi connectivity index (χ0n) is 8.27. The molecule has 0 fully saturated rings. The molecule has 0 saturated heterocycles. The van der Waals surface area contributed by atoms with Crippen molar-refractivity contribution in [3.8, 4) is 0 Å². The van der Waals surface area contributed by atoms with Crippen LogP contribution in [-0.2, 0) is 11.2 Å². The smallest absolute Gasteiger partial charge is 0.320 e. The summed E-state index contributed by atoms with van der Waals surface area (Å²) >= 11 is 0. The third-order valence-electron chi connectivity index (χ3n) is 2.25. The Morgan fingerprint density at radius 1 is 1.62 bits per heavy atom. The van der Waals surface area contributed by atoms with Crippen LogP contribution in [0.5, 0.6) is 0 Å². The van der Waals surface area contributed by atoms with Gasteiger partial charge in [-0.2, -0.15) is 0 Å². The summed E-state index contributed by atoms with van der Waals surface area (Å²) < 4.78 is 12.8. The van der Waals surface area contributed by atoms with E-state index in [1.165, 1.54) is 6.07 Å². The Kier molecular flexibility index (Phi) is 2.57. The monoisotopic (exact) mass is 223 g/mol. The first-order valence-electron chi connectivity index (χ1n) is 4.68. The van der Waals surface area contributed by atoms with Gasteiger partial charge in [-0.15, -0.1) is 0 Å². The van der Waals surface area contributed by atoms with E-state index in [1.807, 2.05) is 0 Å². The Labute approximate surface area is 90.1 Å². The maximum absolute atomic E-state index is 12.8. The van der Waals surface area contributed by atoms with Crippen molar-refractivity contribution in [3.63, 3.8) is 0 Å². The van der Waals surface area contributed by atoms with Crippen molar-refractivity contribution in [2.24, 2.45) is 5.73 Å². The molecule has 0 aliphatic rings. The number of nitrogens with one attached hydrogen (secondary N) is 1. The summed E-state index contributed by atoms with van der Waals surface area (Å²) in [5, 5.41) is 9.25. The van der Waals surface area contributed by atoms with Gasteiger partial charge >= 0.3 is 5.97 Å². The number of nitrogens with two attached hydrogens (primary N) is 1. The number of rotatable bonds is 3. The maximum atomic E-state index is 12.8. The second kappa shape index (κ2) is 3.90. The first-order valence-corrected chi connectivity index (χ1v) is 4.68. The third-order valence-corrected chi connectivity index (χ3v) is 2.25. The molecule has 0 spiro atoms. The van der Waals surface area contributed by atoms with Crippen LogP contribution in [0.1, 0.15) is 5.69 Å². The molecule has 0 saturated carbocycles. The van der Waals surface area contributed by atoms with Crippen molar-refractivity contribution in [1.82, 2.24) is 9.97 Å². The number of aliphatic carboxylic acids is 1. The summed E-state index contributed by atoms with van der Waals surface area (Å²) in [6.07, 6.45) is 1.26. The molecule has 1 unspecified atom stereocenters. The number of H-pyrrole nitrogens is 1. The number of fused-ring (bicyclic) bond motifs is 1. The van der Waals surface area contributed by atoms with Gasteiger partial charge in [-0.1, -0.05) is 0 Å². The van der Waals surface area contributed by atoms with E-state index in [2.05, 4.69) is 9.97 Å². The number of carboxylic acids is 1. The number of nitrogens with zero attached hydrogens (tertiary/aromatic N) is 1. The van der Waals surface area contributed by atoms with Crippen LogP contribution in [0.25, 0.3) is 11.0 Å². The number of carboxylic acid groups (broad SMARTS) is 1. The van der Waals surface area contributed by atoms with Gasteiger partial charge in [0.2, 0.25) is 0 Å². The molecule has 0 aromatic carbocycles. The molecule has 1 atom stereocenters. The van der Waals surface area contributed by atoms with E-state index < -0.39 is 17.8 Å². The molecule has 5 nitrogen and oxygen atoms in total. The number of halogens is 1. The molecule has 2 heterocycles. The molecular weight excluding hydrogens is 213 g/mol. The van der Waals surface area contributed by atoms with E-state index in [0.717, 1.165) is 6.20 Å². The van der Waals surface area contributed by atoms with E-state index in [0.29, 0.717) is 16.7 Å². The molecule has 0 amide bonds. The lowest BCUT2D eigenvalue weighted by Crippen LogP contribution is -2.32. The highest BCUT2D eigenvalue weighted by Crippen LogP contribution is 2.14. The fraction of sp³-hybridized carbons (Fsp3) is 0.200. The lowest BCUT2D eigenvalue weighted by Gasteiger charge is -2.02. The molecule has 4 N–H and O–H groups in total. The largest absolute Gasteiger partial charge is 0.480 e. The van der Waals surface area contributed by atoms with Gasteiger partial charge in [-0.3, -0.25) is 4.79 Å². The Balaban J connectivity index is 2.29. The van der Waals surface area contributed by atoms with Crippen molar-refractivity contribution >= 4 is 17.0 Å². The summed E-state index contributed by atoms with van der Waals surface area (Å²) in [5.74, 6) is -1.50. The van der Waals surface area contributed by atoms with Crippen molar-refractivity contribution in [2.45, 2.75) is 12.5 Å². The van der Waals surface area contributed by atoms with Gasteiger partial charge in [0.1, 0.15) is 17.5 Å². The Morgan fingerprint density at radius 2 is 2.38 bits per heavy atom. The minimum atomic E-state index is -1.07. The van der Waals surface area contributed by atoms with Crippen LogP contribution in [0, 0.1) is 5.82 Å². The first kappa shape index (κ1) is 10.6. The highest BCUT2D eigenvalue weighted by Gasteiger charge is 2.13. The van der Waals surface area contributed by atoms with Crippen LogP contribution < -0.4 is 5.73 Å². The second-order valence-corrected chi connectivity index (χ2v) is 3.53. The lowest BCUT2D eigenvalue weighted by molar-refractivity contribution is -0.138. The van der Waals surface area contributed by atoms with Gasteiger partial charge in [0.05, 0.1) is 6.20 Å². The summed E-state index contributed by atoms with van der Waals surface area (Å²) in [5.41, 5.74) is 6.54. The van der Waals surface area contributed by atoms with Gasteiger partial charge in [-0.05, 0) is 12.1 Å². The predicted molar refractivity (Wildman–Crippen MR) is 55.4 cm³/mol. The average Bonchev–Trinajstić information content (AvgIpc) is 2.58. The van der Waals surface area contributed by atoms with Gasteiger partial charge < -0.3 is 15.8 Å². The molecular formula is C10H10FN3O2. The normalized spacial score (nSPS) is 12.9. The highest BCUT2D eigenvalue weighted by atomic mass is 19.1. The van der Waals surface area contributed by atoms with Crippen LogP contribution in [-0.4, -0.2) is 27.1 Å². The second-order valence-electron chi connectivity index (χ2n) is 3.53. The first-order chi connectivity index (χ1) is 7.56. The molecule has 0 aliphatic heterocycles. The van der Waals surface area contributed by atoms with Crippen LogP contribution in [0.4, 0.5) is 4.39 Å². The Morgan fingerprint density at radius 3 is 3.06 bits per heavy atom. The fourth-order valence-corrected chi connectivity index (χ4v) is 1.48. The number of hydrogen-bond acceptors (Lipinski definition) is 3. The summed E-state index contributed by atoms with van der Waals surface area (Å²) in [6.45, 7) is 0. The molecule has 2 aromatic rings. The standard InChI is InChI=1S/C10H10FN3O2/c11-6-1-5-2-7(3-8(12)10(15)16)14-9(5)13-4-6/h1-2,4,8H,3,12H2,(H,13,14)(H,15,16). The number of pyridine rings is 1. The van der Waals surface area contributed by atoms with Gasteiger partial charge in [0.15, 0.2) is 0 Å². The Hall–Kier alpha value is -1.95. The quantitative estimate of drug-likeness (QED) is 0.712. The predicted octanol–water partition coefficient (Wildman–Crippen LogP) is 0.656. The zero-order valence-corrected chi connectivity index (χ0v) is 8.27. The van der Waals surface area contributed by atoms with E-state index in [9.17, 15) is 9.18 Å². The Bertz CT molecular complexity index is 538. The van der Waals surface area contributed by atoms with Crippen LogP contribution >= 0.6 is 0 Å². The fourth-order valence-electron chi connectivity index (χ4n) is 1.48. The lowest BCUT2D eigenvalue weighted by atomic mass is 10.1. The van der Waals surface area contributed by atoms with Gasteiger partial charge in [0.25, 0.3) is 0 Å². The molecule has 6 heteroatoms. The average molecular weight is 223 g/mol. The van der Waals surface area contributed by atoms with Crippen LogP contribution in [0.15, 0.2) is 18.3 Å². The molecule has 0 radical (unpaired) electrons. The highest BCUT2D eigenvalue weighted by molar-refractivity contribution is 5.77. The number of aromatic amines is 1. The van der Waals surface area contributed by atoms with Gasteiger partial charge in [-0.25, -0.2) is 9.37 Å². The van der Waals surface area contributed by atoms with Crippen molar-refractivity contribution in [3.05, 3.63) is 29.8 Å². The molecule has 0 aliphatic carbocycles. The minimum Gasteiger partial charge on any atom is -0.480 e. The van der Waals surface area contributed by atoms with E-state index in [-0.39, 0.29) is 6.42 Å². The van der Waals surface area contributed by atoms with E-state index in [4.69, 9.17) is 10.8 Å². The number of carbonyl (C=O) groups is 1. The SMILES string of the molecule is NC(Cc1cc2cc(F)cnc2[nH]1)C(=O)O. The number of aromatic nitrogens is 2. The van der Waals surface area contributed by atoms with Crippen molar-refractivity contribution in [1.29, 1.82) is 0 Å². The molecule has 16 heavy (non-hydrogen) atoms. The third kappa shape index (κ3) is 2.01. The molecule has 2 aromatic heterocycles. The van der Waals surface area contributed by atoms with E-state index >= 15 is 0 Å². The van der Waals surface area contributed by atoms with Crippen molar-refractivity contribution < 1.29 is 14.3 Å². The van der Waals surface area contributed by atoms with Crippen LogP contribution in [0.2, 0.25) is 0 Å². The van der Waals surface area contributed by atoms with E-state index in [1.54, 1.807) is 6.07 Å². The molecule has 2 rings (SSSR count). The zero-order chi connectivity index (χ0) is 11.7. The molecule has 84 valence electrons. The van der Waals surface area contributed by atoms with Crippen LogP contribution in [0.3, 0.4) is 0 Å². The van der Waals surface area contributed by atoms with Gasteiger partial charge in [0, 0.05) is 17.5 Å². The summed E-state index contributed by atoms with van der Waals surface area (Å²) in [7, 11) is 0. The summed E-state index contributed by atoms with van der Waals surface area (Å²) in [4.78, 5) is 17.3. The summed E-state index contributed by atoms with van der Waals surface area (Å²) in [6, 6.07) is 2.00. The molecule has 0 bridgehead atoms. The van der Waals surface area contributed by atoms with Crippen molar-refractivity contribution in [2.75, 3.05) is 0 Å². The topological polar surface area (TPSA) is 92.0 Å².